The number of halogens is 3. The van der Waals surface area contributed by atoms with Gasteiger partial charge in [-0.15, -0.1) is 10.2 Å². The predicted molar refractivity (Wildman–Crippen MR) is 123 cm³/mol. The van der Waals surface area contributed by atoms with Gasteiger partial charge in [0.2, 0.25) is 11.8 Å². The van der Waals surface area contributed by atoms with E-state index in [0.717, 1.165) is 35.0 Å². The van der Waals surface area contributed by atoms with Crippen molar-refractivity contribution < 1.29 is 22.8 Å². The summed E-state index contributed by atoms with van der Waals surface area (Å²) in [7, 11) is 0. The van der Waals surface area contributed by atoms with Gasteiger partial charge in [0.05, 0.1) is 22.7 Å². The molecule has 34 heavy (non-hydrogen) atoms. The number of alkyl halides is 3. The van der Waals surface area contributed by atoms with Crippen LogP contribution < -0.4 is 16.2 Å². The van der Waals surface area contributed by atoms with Gasteiger partial charge >= 0.3 is 6.18 Å². The highest BCUT2D eigenvalue weighted by atomic mass is 32.2. The number of hydrogen-bond donors (Lipinski definition) is 3. The number of nitrogens with one attached hydrogen (secondary N) is 3. The molecule has 0 saturated carbocycles. The lowest BCUT2D eigenvalue weighted by Gasteiger charge is -2.14. The van der Waals surface area contributed by atoms with Crippen LogP contribution in [0.4, 0.5) is 24.5 Å². The number of benzene rings is 2. The molecular formula is C22H20F3N5O3S. The first kappa shape index (κ1) is 25.0. The Kier molecular flexibility index (Phi) is 7.40. The molecule has 2 amide bonds. The zero-order valence-electron chi connectivity index (χ0n) is 18.3. The number of aromatic nitrogens is 3. The monoisotopic (exact) mass is 491 g/mol. The molecular weight excluding hydrogens is 471 g/mol. The van der Waals surface area contributed by atoms with Crippen LogP contribution in [-0.2, 0) is 15.8 Å². The molecule has 0 aliphatic carbocycles. The molecule has 1 heterocycles. The van der Waals surface area contributed by atoms with Crippen molar-refractivity contribution in [3.63, 3.8) is 0 Å². The van der Waals surface area contributed by atoms with Crippen LogP contribution in [-0.4, -0.2) is 32.7 Å². The molecule has 3 rings (SSSR count). The van der Waals surface area contributed by atoms with Gasteiger partial charge in [-0.3, -0.25) is 19.4 Å². The number of rotatable bonds is 6. The van der Waals surface area contributed by atoms with E-state index in [1.54, 1.807) is 13.0 Å². The lowest BCUT2D eigenvalue weighted by atomic mass is 10.0. The van der Waals surface area contributed by atoms with Gasteiger partial charge in [0, 0.05) is 12.5 Å². The number of aryl methyl sites for hydroxylation is 2. The molecule has 8 nitrogen and oxygen atoms in total. The summed E-state index contributed by atoms with van der Waals surface area (Å²) in [5, 5.41) is 12.8. The van der Waals surface area contributed by atoms with Crippen LogP contribution in [0.1, 0.15) is 23.6 Å². The topological polar surface area (TPSA) is 117 Å². The van der Waals surface area contributed by atoms with E-state index in [-0.39, 0.29) is 28.2 Å². The first-order valence-electron chi connectivity index (χ1n) is 9.90. The van der Waals surface area contributed by atoms with E-state index in [1.807, 2.05) is 13.0 Å². The summed E-state index contributed by atoms with van der Waals surface area (Å²) in [6.07, 6.45) is -4.62. The normalized spacial score (nSPS) is 11.2. The molecule has 0 atom stereocenters. The molecule has 1 aromatic heterocycles. The highest BCUT2D eigenvalue weighted by Gasteiger charge is 2.33. The summed E-state index contributed by atoms with van der Waals surface area (Å²) >= 11 is 0.808. The quantitative estimate of drug-likeness (QED) is 0.446. The Bertz CT molecular complexity index is 1310. The van der Waals surface area contributed by atoms with Crippen LogP contribution in [0.2, 0.25) is 0 Å². The fourth-order valence-corrected chi connectivity index (χ4v) is 3.82. The number of para-hydroxylation sites is 1. The molecule has 0 unspecified atom stereocenters. The van der Waals surface area contributed by atoms with Gasteiger partial charge in [-0.25, -0.2) is 0 Å². The molecule has 0 spiro atoms. The third-order valence-corrected chi connectivity index (χ3v) is 5.42. The summed E-state index contributed by atoms with van der Waals surface area (Å²) in [6.45, 7) is 4.95. The number of H-pyrrole nitrogens is 1. The number of hydrogen-bond acceptors (Lipinski definition) is 6. The second-order valence-corrected chi connectivity index (χ2v) is 8.34. The van der Waals surface area contributed by atoms with Crippen LogP contribution >= 0.6 is 11.8 Å². The minimum Gasteiger partial charge on any atom is -0.325 e. The lowest BCUT2D eigenvalue weighted by Crippen LogP contribution is -2.19. The smallest absolute Gasteiger partial charge is 0.325 e. The summed E-state index contributed by atoms with van der Waals surface area (Å²) in [5.74, 6) is -1.34. The van der Waals surface area contributed by atoms with Crippen molar-refractivity contribution in [2.24, 2.45) is 0 Å². The van der Waals surface area contributed by atoms with Crippen LogP contribution in [0.15, 0.2) is 46.3 Å². The Balaban J connectivity index is 1.77. The van der Waals surface area contributed by atoms with Crippen molar-refractivity contribution in [3.05, 3.63) is 63.4 Å². The minimum atomic E-state index is -4.62. The van der Waals surface area contributed by atoms with Crippen molar-refractivity contribution in [2.45, 2.75) is 32.1 Å². The predicted octanol–water partition coefficient (Wildman–Crippen LogP) is 4.16. The van der Waals surface area contributed by atoms with E-state index in [1.165, 1.54) is 19.1 Å². The second-order valence-electron chi connectivity index (χ2n) is 7.37. The van der Waals surface area contributed by atoms with Gasteiger partial charge in [0.15, 0.2) is 10.9 Å². The molecule has 0 fully saturated rings. The maximum absolute atomic E-state index is 13.1. The van der Waals surface area contributed by atoms with Gasteiger partial charge < -0.3 is 10.6 Å². The zero-order chi connectivity index (χ0) is 25.0. The maximum Gasteiger partial charge on any atom is 0.418 e. The van der Waals surface area contributed by atoms with Gasteiger partial charge in [-0.1, -0.05) is 35.5 Å². The number of thioether (sulfide) groups is 1. The van der Waals surface area contributed by atoms with Crippen molar-refractivity contribution in [3.8, 4) is 11.3 Å². The van der Waals surface area contributed by atoms with E-state index >= 15 is 0 Å². The maximum atomic E-state index is 13.1. The Morgan fingerprint density at radius 2 is 1.79 bits per heavy atom. The van der Waals surface area contributed by atoms with Crippen molar-refractivity contribution in [1.82, 2.24) is 15.2 Å². The third kappa shape index (κ3) is 6.01. The van der Waals surface area contributed by atoms with Crippen molar-refractivity contribution >= 4 is 35.0 Å². The zero-order valence-corrected chi connectivity index (χ0v) is 19.1. The summed E-state index contributed by atoms with van der Waals surface area (Å²) in [6, 6.07) is 8.15. The second kappa shape index (κ2) is 10.1. The molecule has 0 bridgehead atoms. The molecule has 12 heteroatoms. The average molecular weight is 491 g/mol. The van der Waals surface area contributed by atoms with Crippen molar-refractivity contribution in [2.75, 3.05) is 16.4 Å². The fraction of sp³-hybridized carbons (Fsp3) is 0.227. The number of nitrogens with zero attached hydrogens (tertiary/aromatic N) is 2. The third-order valence-electron chi connectivity index (χ3n) is 4.56. The van der Waals surface area contributed by atoms with E-state index in [2.05, 4.69) is 25.8 Å². The van der Waals surface area contributed by atoms with Crippen LogP contribution in [0.5, 0.6) is 0 Å². The number of amides is 2. The summed E-state index contributed by atoms with van der Waals surface area (Å²) < 4.78 is 39.2. The molecule has 0 aliphatic rings. The number of carbonyl (C=O) groups is 2. The van der Waals surface area contributed by atoms with Crippen LogP contribution in [0.25, 0.3) is 11.3 Å². The number of anilines is 2. The Morgan fingerprint density at radius 3 is 2.44 bits per heavy atom. The van der Waals surface area contributed by atoms with E-state index in [0.29, 0.717) is 11.3 Å². The molecule has 3 N–H and O–H groups in total. The highest BCUT2D eigenvalue weighted by molar-refractivity contribution is 7.99. The molecule has 0 saturated heterocycles. The average Bonchev–Trinajstić information content (AvgIpc) is 2.73. The molecule has 2 aromatic carbocycles. The molecule has 0 radical (unpaired) electrons. The van der Waals surface area contributed by atoms with E-state index < -0.39 is 23.2 Å². The summed E-state index contributed by atoms with van der Waals surface area (Å²) in [5.41, 5.74) is 0.448. The molecule has 178 valence electrons. The van der Waals surface area contributed by atoms with Crippen LogP contribution in [0.3, 0.4) is 0 Å². The Hall–Kier alpha value is -3.67. The van der Waals surface area contributed by atoms with E-state index in [4.69, 9.17) is 0 Å². The highest BCUT2D eigenvalue weighted by Crippen LogP contribution is 2.34. The fourth-order valence-electron chi connectivity index (χ4n) is 3.22. The molecule has 3 aromatic rings. The van der Waals surface area contributed by atoms with Gasteiger partial charge in [0.1, 0.15) is 0 Å². The largest absolute Gasteiger partial charge is 0.418 e. The van der Waals surface area contributed by atoms with Gasteiger partial charge in [-0.05, 0) is 37.6 Å². The first-order chi connectivity index (χ1) is 16.0. The van der Waals surface area contributed by atoms with Crippen molar-refractivity contribution in [1.29, 1.82) is 0 Å². The minimum absolute atomic E-state index is 0.0125. The standard InChI is InChI=1S/C22H20F3N5O3S/c1-11-8-12(2)18(26-13(3)31)14(9-11)19-20(33)28-21(30-29-19)34-10-17(32)27-16-7-5-4-6-15(16)22(23,24)25/h4-9H,10H2,1-3H3,(H,26,31)(H,27,32)(H,28,30,33). The Labute approximate surface area is 196 Å². The number of carbonyl (C=O) groups excluding carboxylic acids is 2. The number of aromatic amines is 1. The summed E-state index contributed by atoms with van der Waals surface area (Å²) in [4.78, 5) is 39.0. The SMILES string of the molecule is CC(=O)Nc1c(C)cc(C)cc1-c1nnc(SCC(=O)Nc2ccccc2C(F)(F)F)[nH]c1=O. The Morgan fingerprint density at radius 1 is 1.09 bits per heavy atom. The first-order valence-corrected chi connectivity index (χ1v) is 10.9. The molecule has 0 aliphatic heterocycles. The van der Waals surface area contributed by atoms with Crippen LogP contribution in [0, 0.1) is 13.8 Å². The van der Waals surface area contributed by atoms with Gasteiger partial charge in [0.25, 0.3) is 5.56 Å². The van der Waals surface area contributed by atoms with E-state index in [9.17, 15) is 27.6 Å². The lowest BCUT2D eigenvalue weighted by molar-refractivity contribution is -0.137. The van der Waals surface area contributed by atoms with Gasteiger partial charge in [-0.2, -0.15) is 13.2 Å².